The fourth-order valence-electron chi connectivity index (χ4n) is 2.80. The van der Waals surface area contributed by atoms with Gasteiger partial charge in [-0.1, -0.05) is 25.3 Å². The molecule has 120 valence electrons. The topological polar surface area (TPSA) is 58.1 Å². The van der Waals surface area contributed by atoms with Crippen molar-refractivity contribution in [1.29, 1.82) is 0 Å². The number of hydrogen-bond acceptors (Lipinski definition) is 6. The van der Waals surface area contributed by atoms with Crippen LogP contribution < -0.4 is 5.32 Å². The number of piperidine rings is 1. The molecule has 0 amide bonds. The lowest BCUT2D eigenvalue weighted by molar-refractivity contribution is -0.121. The predicted molar refractivity (Wildman–Crippen MR) is 92.1 cm³/mol. The van der Waals surface area contributed by atoms with Gasteiger partial charge < -0.3 is 5.32 Å². The van der Waals surface area contributed by atoms with Gasteiger partial charge in [-0.25, -0.2) is 9.97 Å². The van der Waals surface area contributed by atoms with Crippen molar-refractivity contribution in [3.8, 4) is 0 Å². The van der Waals surface area contributed by atoms with E-state index in [9.17, 15) is 4.79 Å². The summed E-state index contributed by atoms with van der Waals surface area (Å²) in [7, 11) is 0. The van der Waals surface area contributed by atoms with Crippen molar-refractivity contribution < 1.29 is 4.79 Å². The highest BCUT2D eigenvalue weighted by atomic mass is 32.2. The Labute approximate surface area is 140 Å². The molecule has 0 unspecified atom stereocenters. The number of ketones is 1. The number of aromatic nitrogens is 2. The Morgan fingerprint density at radius 1 is 1.17 bits per heavy atom. The van der Waals surface area contributed by atoms with Crippen LogP contribution in [0.5, 0.6) is 0 Å². The molecule has 0 spiro atoms. The van der Waals surface area contributed by atoms with Crippen LogP contribution in [0.2, 0.25) is 0 Å². The molecule has 2 aromatic rings. The zero-order valence-electron chi connectivity index (χ0n) is 12.1. The first kappa shape index (κ1) is 16.0. The van der Waals surface area contributed by atoms with Gasteiger partial charge in [0, 0.05) is 49.8 Å². The fourth-order valence-corrected chi connectivity index (χ4v) is 3.68. The molecule has 1 saturated heterocycles. The molecule has 0 aliphatic carbocycles. The Hall–Kier alpha value is -1.92. The van der Waals surface area contributed by atoms with E-state index in [1.165, 1.54) is 10.5 Å². The number of benzene rings is 1. The lowest BCUT2D eigenvalue weighted by Gasteiger charge is -2.26. The highest BCUT2D eigenvalue weighted by molar-refractivity contribution is 7.99. The molecule has 0 radical (unpaired) electrons. The number of carbonyl (C=O) groups is 1. The van der Waals surface area contributed by atoms with E-state index in [2.05, 4.69) is 38.4 Å². The average Bonchev–Trinajstić information content (AvgIpc) is 2.55. The molecule has 5 nitrogen and oxygen atoms in total. The van der Waals surface area contributed by atoms with E-state index in [1.807, 2.05) is 0 Å². The van der Waals surface area contributed by atoms with Gasteiger partial charge in [0.25, 0.3) is 0 Å². The number of hydrogen-bond donors (Lipinski definition) is 1. The van der Waals surface area contributed by atoms with E-state index in [-0.39, 0.29) is 7.43 Å². The molecule has 1 fully saturated rings. The van der Waals surface area contributed by atoms with Gasteiger partial charge >= 0.3 is 0 Å². The van der Waals surface area contributed by atoms with Gasteiger partial charge in [0.1, 0.15) is 10.8 Å². The Kier molecular flexibility index (Phi) is 4.63. The van der Waals surface area contributed by atoms with E-state index >= 15 is 0 Å². The van der Waals surface area contributed by atoms with Crippen molar-refractivity contribution >= 4 is 29.1 Å². The molecule has 2 aliphatic rings. The molecule has 1 N–H and O–H groups in total. The smallest absolute Gasteiger partial charge is 0.163 e. The first-order valence-corrected chi connectivity index (χ1v) is 8.22. The van der Waals surface area contributed by atoms with E-state index in [1.54, 1.807) is 24.2 Å². The number of rotatable bonds is 2. The molecular weight excluding hydrogens is 308 g/mol. The van der Waals surface area contributed by atoms with E-state index in [0.717, 1.165) is 36.2 Å². The molecule has 2 aliphatic heterocycles. The number of nitrogens with zero attached hydrogens (tertiary/aromatic N) is 3. The van der Waals surface area contributed by atoms with Crippen molar-refractivity contribution in [3.05, 3.63) is 36.2 Å². The molecule has 1 aromatic carbocycles. The quantitative estimate of drug-likeness (QED) is 0.777. The monoisotopic (exact) mass is 328 g/mol. The van der Waals surface area contributed by atoms with Gasteiger partial charge in [-0.2, -0.15) is 0 Å². The van der Waals surface area contributed by atoms with Gasteiger partial charge in [0.05, 0.1) is 5.69 Å². The highest BCUT2D eigenvalue weighted by Crippen LogP contribution is 2.42. The summed E-state index contributed by atoms with van der Waals surface area (Å²) in [5.74, 6) is 1.20. The van der Waals surface area contributed by atoms with Gasteiger partial charge in [-0.05, 0) is 17.7 Å². The third-order valence-corrected chi connectivity index (χ3v) is 5.06. The lowest BCUT2D eigenvalue weighted by Crippen LogP contribution is -2.33. The molecule has 1 aromatic heterocycles. The van der Waals surface area contributed by atoms with E-state index < -0.39 is 0 Å². The van der Waals surface area contributed by atoms with Gasteiger partial charge in [-0.15, -0.1) is 0 Å². The Balaban J connectivity index is 0.00000156. The number of likely N-dealkylation sites (tertiary alicyclic amines) is 1. The van der Waals surface area contributed by atoms with Crippen LogP contribution in [0.3, 0.4) is 0 Å². The van der Waals surface area contributed by atoms with Crippen LogP contribution in [0.1, 0.15) is 25.8 Å². The summed E-state index contributed by atoms with van der Waals surface area (Å²) in [4.78, 5) is 23.5. The minimum atomic E-state index is 0. The van der Waals surface area contributed by atoms with Crippen LogP contribution in [0.4, 0.5) is 11.5 Å². The summed E-state index contributed by atoms with van der Waals surface area (Å²) in [6.07, 6.45) is 4.78. The number of nitrogens with one attached hydrogen (secondary N) is 1. The summed E-state index contributed by atoms with van der Waals surface area (Å²) in [6, 6.07) is 6.47. The third kappa shape index (κ3) is 3.38. The molecule has 23 heavy (non-hydrogen) atoms. The van der Waals surface area contributed by atoms with Crippen LogP contribution in [0, 0.1) is 0 Å². The Morgan fingerprint density at radius 3 is 2.78 bits per heavy atom. The van der Waals surface area contributed by atoms with Gasteiger partial charge in [0.2, 0.25) is 0 Å². The van der Waals surface area contributed by atoms with Gasteiger partial charge in [-0.3, -0.25) is 9.69 Å². The third-order valence-electron chi connectivity index (χ3n) is 3.99. The molecule has 4 rings (SSSR count). The summed E-state index contributed by atoms with van der Waals surface area (Å²) >= 11 is 1.64. The van der Waals surface area contributed by atoms with Crippen LogP contribution in [-0.4, -0.2) is 33.7 Å². The Morgan fingerprint density at radius 2 is 1.96 bits per heavy atom. The number of Topliss-reactive ketones (excluding diaryl/α,β-unsaturated/α-hetero) is 1. The predicted octanol–water partition coefficient (Wildman–Crippen LogP) is 3.49. The normalized spacial score (nSPS) is 16.8. The Bertz CT molecular complexity index is 724. The second-order valence-electron chi connectivity index (χ2n) is 5.58. The highest BCUT2D eigenvalue weighted by Gasteiger charge is 2.19. The van der Waals surface area contributed by atoms with E-state index in [0.29, 0.717) is 18.6 Å². The minimum absolute atomic E-state index is 0. The molecule has 6 heteroatoms. The second-order valence-corrected chi connectivity index (χ2v) is 6.61. The first-order chi connectivity index (χ1) is 10.8. The summed E-state index contributed by atoms with van der Waals surface area (Å²) < 4.78 is 0. The summed E-state index contributed by atoms with van der Waals surface area (Å²) in [5, 5.41) is 4.27. The van der Waals surface area contributed by atoms with Crippen LogP contribution in [0.15, 0.2) is 40.5 Å². The number of fused-ring (bicyclic) bond motifs is 2. The van der Waals surface area contributed by atoms with Gasteiger partial charge in [0.15, 0.2) is 5.82 Å². The maximum Gasteiger partial charge on any atom is 0.163 e. The standard InChI is InChI=1S/C16H16N4OS.CH4/c21-12-3-7-20(8-4-12)10-11-1-2-14-13(9-11)19-15-16(22-14)18-6-5-17-15;/h1-2,5-6,9H,3-4,7-8,10H2,(H,17,19);1H4. The second kappa shape index (κ2) is 6.68. The van der Waals surface area contributed by atoms with Crippen molar-refractivity contribution in [1.82, 2.24) is 14.9 Å². The fraction of sp³-hybridized carbons (Fsp3) is 0.353. The largest absolute Gasteiger partial charge is 0.337 e. The number of anilines is 2. The maximum atomic E-state index is 11.3. The van der Waals surface area contributed by atoms with Crippen molar-refractivity contribution in [2.24, 2.45) is 0 Å². The van der Waals surface area contributed by atoms with Crippen LogP contribution in [-0.2, 0) is 11.3 Å². The maximum absolute atomic E-state index is 11.3. The van der Waals surface area contributed by atoms with Crippen LogP contribution >= 0.6 is 11.8 Å². The molecule has 0 bridgehead atoms. The first-order valence-electron chi connectivity index (χ1n) is 7.41. The van der Waals surface area contributed by atoms with E-state index in [4.69, 9.17) is 0 Å². The summed E-state index contributed by atoms with van der Waals surface area (Å²) in [6.45, 7) is 2.62. The van der Waals surface area contributed by atoms with Crippen molar-refractivity contribution in [3.63, 3.8) is 0 Å². The average molecular weight is 328 g/mol. The molecular formula is C17H20N4OS. The summed E-state index contributed by atoms with van der Waals surface area (Å²) in [5.41, 5.74) is 2.34. The lowest BCUT2D eigenvalue weighted by atomic mass is 10.1. The molecule has 0 saturated carbocycles. The number of carbonyl (C=O) groups excluding carboxylic acids is 1. The van der Waals surface area contributed by atoms with Crippen LogP contribution in [0.25, 0.3) is 0 Å². The van der Waals surface area contributed by atoms with Crippen molar-refractivity contribution in [2.45, 2.75) is 36.7 Å². The molecule has 3 heterocycles. The van der Waals surface area contributed by atoms with Crippen molar-refractivity contribution in [2.75, 3.05) is 18.4 Å². The zero-order valence-corrected chi connectivity index (χ0v) is 12.9. The minimum Gasteiger partial charge on any atom is -0.337 e. The zero-order chi connectivity index (χ0) is 14.9. The molecule has 0 atom stereocenters. The SMILES string of the molecule is C.O=C1CCN(Cc2ccc3c(c2)Nc2nccnc2S3)CC1.